The van der Waals surface area contributed by atoms with E-state index in [0.29, 0.717) is 0 Å². The molecule has 0 saturated heterocycles. The first-order chi connectivity index (χ1) is 12.6. The molecular formula is C20H28N2O5. The van der Waals surface area contributed by atoms with Crippen molar-refractivity contribution in [2.75, 3.05) is 11.4 Å². The van der Waals surface area contributed by atoms with Crippen LogP contribution < -0.4 is 10.2 Å². The highest BCUT2D eigenvalue weighted by molar-refractivity contribution is 5.99. The Hall–Kier alpha value is -2.57. The highest BCUT2D eigenvalue weighted by Gasteiger charge is 2.34. The Morgan fingerprint density at radius 1 is 1.26 bits per heavy atom. The molecule has 1 aromatic carbocycles. The molecule has 7 nitrogen and oxygen atoms in total. The van der Waals surface area contributed by atoms with Crippen LogP contribution in [0.25, 0.3) is 0 Å². The topological polar surface area (TPSA) is 84.9 Å². The molecular weight excluding hydrogens is 348 g/mol. The fourth-order valence-corrected chi connectivity index (χ4v) is 2.98. The highest BCUT2D eigenvalue weighted by atomic mass is 16.6. The average Bonchev–Trinajstić information content (AvgIpc) is 2.88. The molecule has 1 aliphatic heterocycles. The van der Waals surface area contributed by atoms with Gasteiger partial charge >= 0.3 is 12.1 Å². The second kappa shape index (κ2) is 8.41. The zero-order valence-electron chi connectivity index (χ0n) is 16.6. The third-order valence-electron chi connectivity index (χ3n) is 4.10. The number of nitrogens with one attached hydrogen (secondary N) is 1. The summed E-state index contributed by atoms with van der Waals surface area (Å²) in [5.74, 6) is -0.798. The summed E-state index contributed by atoms with van der Waals surface area (Å²) in [6, 6.07) is 7.75. The number of rotatable bonds is 5. The van der Waals surface area contributed by atoms with Crippen molar-refractivity contribution in [1.29, 1.82) is 0 Å². The molecule has 0 bridgehead atoms. The number of anilines is 1. The molecule has 1 heterocycles. The summed E-state index contributed by atoms with van der Waals surface area (Å²) >= 11 is 0. The van der Waals surface area contributed by atoms with Gasteiger partial charge in [-0.3, -0.25) is 9.59 Å². The van der Waals surface area contributed by atoms with E-state index in [0.717, 1.165) is 17.7 Å². The number of para-hydroxylation sites is 1. The van der Waals surface area contributed by atoms with Gasteiger partial charge in [0.25, 0.3) is 5.91 Å². The standard InChI is InChI=1S/C20H28N2O5/c1-13-12-15-8-6-7-9-16(15)22(13)18(24)14(2)26-17(23)10-11-21-19(25)27-20(3,4)5/h6-9,13-14H,10-12H2,1-5H3,(H,21,25)/t13-,14-/m0/s1. The van der Waals surface area contributed by atoms with Gasteiger partial charge in [0.1, 0.15) is 5.60 Å². The van der Waals surface area contributed by atoms with E-state index in [4.69, 9.17) is 9.47 Å². The van der Waals surface area contributed by atoms with Gasteiger partial charge in [0.2, 0.25) is 0 Å². The van der Waals surface area contributed by atoms with Crippen molar-refractivity contribution in [1.82, 2.24) is 5.32 Å². The number of hydrogen-bond donors (Lipinski definition) is 1. The number of hydrogen-bond acceptors (Lipinski definition) is 5. The molecule has 148 valence electrons. The minimum atomic E-state index is -0.896. The van der Waals surface area contributed by atoms with Crippen molar-refractivity contribution in [2.45, 2.75) is 65.2 Å². The Balaban J connectivity index is 1.82. The van der Waals surface area contributed by atoms with Crippen LogP contribution >= 0.6 is 0 Å². The Bertz CT molecular complexity index is 711. The number of carbonyl (C=O) groups excluding carboxylic acids is 3. The fourth-order valence-electron chi connectivity index (χ4n) is 2.98. The van der Waals surface area contributed by atoms with Gasteiger partial charge < -0.3 is 19.7 Å². The van der Waals surface area contributed by atoms with Gasteiger partial charge in [-0.05, 0) is 52.7 Å². The zero-order chi connectivity index (χ0) is 20.2. The zero-order valence-corrected chi connectivity index (χ0v) is 16.6. The first-order valence-corrected chi connectivity index (χ1v) is 9.16. The predicted molar refractivity (Wildman–Crippen MR) is 102 cm³/mol. The summed E-state index contributed by atoms with van der Waals surface area (Å²) in [5, 5.41) is 2.49. The fraction of sp³-hybridized carbons (Fsp3) is 0.550. The molecule has 2 rings (SSSR count). The minimum Gasteiger partial charge on any atom is -0.452 e. The summed E-state index contributed by atoms with van der Waals surface area (Å²) in [7, 11) is 0. The molecule has 0 unspecified atom stereocenters. The second-order valence-corrected chi connectivity index (χ2v) is 7.70. The smallest absolute Gasteiger partial charge is 0.407 e. The van der Waals surface area contributed by atoms with Crippen LogP contribution in [0.15, 0.2) is 24.3 Å². The van der Waals surface area contributed by atoms with Gasteiger partial charge in [0, 0.05) is 18.3 Å². The molecule has 1 N–H and O–H groups in total. The Morgan fingerprint density at radius 2 is 1.93 bits per heavy atom. The van der Waals surface area contributed by atoms with Crippen molar-refractivity contribution in [3.63, 3.8) is 0 Å². The van der Waals surface area contributed by atoms with E-state index in [9.17, 15) is 14.4 Å². The molecule has 1 aromatic rings. The van der Waals surface area contributed by atoms with Crippen LogP contribution in [0.3, 0.4) is 0 Å². The van der Waals surface area contributed by atoms with Crippen molar-refractivity contribution in [3.8, 4) is 0 Å². The van der Waals surface area contributed by atoms with E-state index < -0.39 is 23.8 Å². The van der Waals surface area contributed by atoms with E-state index in [1.165, 1.54) is 0 Å². The van der Waals surface area contributed by atoms with Crippen LogP contribution in [-0.2, 0) is 25.5 Å². The molecule has 0 saturated carbocycles. The first kappa shape index (κ1) is 20.7. The van der Waals surface area contributed by atoms with Crippen molar-refractivity contribution >= 4 is 23.7 Å². The van der Waals surface area contributed by atoms with E-state index in [1.807, 2.05) is 31.2 Å². The molecule has 2 amide bonds. The molecule has 0 aromatic heterocycles. The number of fused-ring (bicyclic) bond motifs is 1. The summed E-state index contributed by atoms with van der Waals surface area (Å²) < 4.78 is 10.3. The van der Waals surface area contributed by atoms with E-state index in [2.05, 4.69) is 5.32 Å². The summed E-state index contributed by atoms with van der Waals surface area (Å²) in [6.07, 6.45) is -0.750. The predicted octanol–water partition coefficient (Wildman–Crippen LogP) is 2.81. The lowest BCUT2D eigenvalue weighted by Gasteiger charge is -2.26. The van der Waals surface area contributed by atoms with Crippen LogP contribution in [0.1, 0.15) is 46.6 Å². The van der Waals surface area contributed by atoms with Crippen LogP contribution in [0, 0.1) is 0 Å². The molecule has 27 heavy (non-hydrogen) atoms. The van der Waals surface area contributed by atoms with Gasteiger partial charge in [-0.25, -0.2) is 4.79 Å². The third-order valence-corrected chi connectivity index (χ3v) is 4.10. The molecule has 1 aliphatic rings. The quantitative estimate of drug-likeness (QED) is 0.799. The van der Waals surface area contributed by atoms with Crippen molar-refractivity contribution < 1.29 is 23.9 Å². The number of alkyl carbamates (subject to hydrolysis) is 1. The largest absolute Gasteiger partial charge is 0.452 e. The maximum Gasteiger partial charge on any atom is 0.407 e. The first-order valence-electron chi connectivity index (χ1n) is 9.16. The monoisotopic (exact) mass is 376 g/mol. The van der Waals surface area contributed by atoms with Crippen molar-refractivity contribution in [3.05, 3.63) is 29.8 Å². The van der Waals surface area contributed by atoms with E-state index in [-0.39, 0.29) is 24.9 Å². The summed E-state index contributed by atoms with van der Waals surface area (Å²) in [4.78, 5) is 38.0. The maximum atomic E-state index is 12.8. The number of amides is 2. The number of ether oxygens (including phenoxy) is 2. The van der Waals surface area contributed by atoms with Crippen LogP contribution in [0.4, 0.5) is 10.5 Å². The van der Waals surface area contributed by atoms with Gasteiger partial charge in [0.15, 0.2) is 6.10 Å². The lowest BCUT2D eigenvalue weighted by Crippen LogP contribution is -2.43. The van der Waals surface area contributed by atoms with Crippen LogP contribution in [0.5, 0.6) is 0 Å². The average molecular weight is 376 g/mol. The van der Waals surface area contributed by atoms with Gasteiger partial charge in [-0.2, -0.15) is 0 Å². The van der Waals surface area contributed by atoms with Crippen LogP contribution in [-0.4, -0.2) is 42.3 Å². The number of carbonyl (C=O) groups is 3. The lowest BCUT2D eigenvalue weighted by atomic mass is 10.1. The second-order valence-electron chi connectivity index (χ2n) is 7.70. The van der Waals surface area contributed by atoms with E-state index >= 15 is 0 Å². The third kappa shape index (κ3) is 5.70. The lowest BCUT2D eigenvalue weighted by molar-refractivity contribution is -0.153. The van der Waals surface area contributed by atoms with Gasteiger partial charge in [-0.15, -0.1) is 0 Å². The minimum absolute atomic E-state index is 0.0184. The Labute approximate surface area is 160 Å². The molecule has 0 spiro atoms. The van der Waals surface area contributed by atoms with E-state index in [1.54, 1.807) is 32.6 Å². The normalized spacial score (nSPS) is 17.1. The Kier molecular flexibility index (Phi) is 6.46. The van der Waals surface area contributed by atoms with Crippen molar-refractivity contribution in [2.24, 2.45) is 0 Å². The maximum absolute atomic E-state index is 12.8. The van der Waals surface area contributed by atoms with Crippen LogP contribution in [0.2, 0.25) is 0 Å². The summed E-state index contributed by atoms with van der Waals surface area (Å²) in [5.41, 5.74) is 1.37. The SMILES string of the molecule is C[C@H](OC(=O)CCNC(=O)OC(C)(C)C)C(=O)N1c2ccccc2C[C@@H]1C. The number of esters is 1. The highest BCUT2D eigenvalue weighted by Crippen LogP contribution is 2.32. The number of benzene rings is 1. The molecule has 0 aliphatic carbocycles. The molecule has 2 atom stereocenters. The molecule has 7 heteroatoms. The molecule has 0 radical (unpaired) electrons. The summed E-state index contributed by atoms with van der Waals surface area (Å²) in [6.45, 7) is 8.88. The van der Waals surface area contributed by atoms with Gasteiger partial charge in [-0.1, -0.05) is 18.2 Å². The number of nitrogens with zero attached hydrogens (tertiary/aromatic N) is 1. The molecule has 0 fully saturated rings. The van der Waals surface area contributed by atoms with Gasteiger partial charge in [0.05, 0.1) is 6.42 Å². The Morgan fingerprint density at radius 3 is 2.59 bits per heavy atom.